The summed E-state index contributed by atoms with van der Waals surface area (Å²) in [7, 11) is 0. The van der Waals surface area contributed by atoms with Gasteiger partial charge in [0.15, 0.2) is 0 Å². The second kappa shape index (κ2) is 5.09. The molecule has 1 fully saturated rings. The zero-order valence-corrected chi connectivity index (χ0v) is 10.4. The van der Waals surface area contributed by atoms with Crippen LogP contribution in [0.2, 0.25) is 5.28 Å². The smallest absolute Gasteiger partial charge is 0.224 e. The first-order valence-electron chi connectivity index (χ1n) is 4.79. The number of rotatable bonds is 3. The minimum absolute atomic E-state index is 0.244. The van der Waals surface area contributed by atoms with E-state index in [1.54, 1.807) is 6.20 Å². The van der Waals surface area contributed by atoms with E-state index in [9.17, 15) is 0 Å². The van der Waals surface area contributed by atoms with Gasteiger partial charge in [-0.2, -0.15) is 4.98 Å². The Kier molecular flexibility index (Phi) is 3.77. The average molecular weight is 293 g/mol. The number of aromatic nitrogens is 2. The van der Waals surface area contributed by atoms with E-state index in [2.05, 4.69) is 31.2 Å². The molecule has 1 aliphatic heterocycles. The van der Waals surface area contributed by atoms with Gasteiger partial charge >= 0.3 is 0 Å². The number of anilines is 1. The molecule has 2 heterocycles. The molecule has 4 nitrogen and oxygen atoms in total. The Labute approximate surface area is 102 Å². The summed E-state index contributed by atoms with van der Waals surface area (Å²) in [4.78, 5) is 7.93. The topological polar surface area (TPSA) is 47.0 Å². The molecule has 15 heavy (non-hydrogen) atoms. The minimum Gasteiger partial charge on any atom is -0.376 e. The summed E-state index contributed by atoms with van der Waals surface area (Å²) in [5.74, 6) is 0.713. The molecule has 82 valence electrons. The first-order chi connectivity index (χ1) is 7.25. The van der Waals surface area contributed by atoms with E-state index >= 15 is 0 Å². The van der Waals surface area contributed by atoms with E-state index in [-0.39, 0.29) is 11.4 Å². The molecule has 0 radical (unpaired) electrons. The van der Waals surface area contributed by atoms with Crippen molar-refractivity contribution in [1.29, 1.82) is 0 Å². The maximum atomic E-state index is 5.70. The van der Waals surface area contributed by atoms with Crippen LogP contribution in [-0.2, 0) is 4.74 Å². The van der Waals surface area contributed by atoms with Gasteiger partial charge in [0.05, 0.1) is 10.6 Å². The summed E-state index contributed by atoms with van der Waals surface area (Å²) in [6.45, 7) is 1.62. The predicted molar refractivity (Wildman–Crippen MR) is 62.2 cm³/mol. The van der Waals surface area contributed by atoms with Crippen LogP contribution in [0, 0.1) is 0 Å². The molecule has 0 bridgehead atoms. The molecule has 0 saturated carbocycles. The number of hydrogen-bond acceptors (Lipinski definition) is 4. The molecule has 1 aromatic heterocycles. The normalized spacial score (nSPS) is 20.5. The summed E-state index contributed by atoms with van der Waals surface area (Å²) in [6, 6.07) is 0. The van der Waals surface area contributed by atoms with Gasteiger partial charge in [0.25, 0.3) is 0 Å². The number of ether oxygens (including phenoxy) is 1. The largest absolute Gasteiger partial charge is 0.376 e. The molecule has 1 unspecified atom stereocenters. The predicted octanol–water partition coefficient (Wildman–Crippen LogP) is 2.48. The van der Waals surface area contributed by atoms with Crippen molar-refractivity contribution < 1.29 is 4.74 Å². The number of hydrogen-bond donors (Lipinski definition) is 1. The van der Waals surface area contributed by atoms with Gasteiger partial charge in [-0.3, -0.25) is 0 Å². The van der Waals surface area contributed by atoms with Crippen LogP contribution in [0.3, 0.4) is 0 Å². The summed E-state index contributed by atoms with van der Waals surface area (Å²) in [6.07, 6.45) is 4.15. The van der Waals surface area contributed by atoms with Crippen molar-refractivity contribution in [3.8, 4) is 0 Å². The van der Waals surface area contributed by atoms with Crippen molar-refractivity contribution in [2.45, 2.75) is 18.9 Å². The quantitative estimate of drug-likeness (QED) is 0.870. The molecule has 6 heteroatoms. The van der Waals surface area contributed by atoms with Crippen molar-refractivity contribution in [2.24, 2.45) is 0 Å². The molecule has 0 aliphatic carbocycles. The molecule has 1 saturated heterocycles. The lowest BCUT2D eigenvalue weighted by atomic mass is 10.2. The second-order valence-electron chi connectivity index (χ2n) is 3.35. The Bertz CT molecular complexity index is 344. The molecule has 1 aliphatic rings. The van der Waals surface area contributed by atoms with Crippen LogP contribution in [0.1, 0.15) is 12.8 Å². The fourth-order valence-electron chi connectivity index (χ4n) is 1.49. The fourth-order valence-corrected chi connectivity index (χ4v) is 1.95. The van der Waals surface area contributed by atoms with E-state index in [1.165, 1.54) is 0 Å². The first kappa shape index (κ1) is 11.1. The molecule has 1 atom stereocenters. The molecule has 1 aromatic rings. The van der Waals surface area contributed by atoms with Crippen LogP contribution in [0.4, 0.5) is 5.82 Å². The van der Waals surface area contributed by atoms with E-state index in [0.29, 0.717) is 5.82 Å². The zero-order chi connectivity index (χ0) is 10.7. The number of nitrogens with one attached hydrogen (secondary N) is 1. The maximum Gasteiger partial charge on any atom is 0.224 e. The van der Waals surface area contributed by atoms with Gasteiger partial charge in [-0.1, -0.05) is 0 Å². The van der Waals surface area contributed by atoms with Crippen molar-refractivity contribution in [2.75, 3.05) is 18.5 Å². The standard InChI is InChI=1S/C9H11BrClN3O/c10-7-5-13-9(11)14-8(7)12-4-6-2-1-3-15-6/h5-6H,1-4H2,(H,12,13,14). The van der Waals surface area contributed by atoms with Gasteiger partial charge < -0.3 is 10.1 Å². The van der Waals surface area contributed by atoms with Crippen LogP contribution >= 0.6 is 27.5 Å². The van der Waals surface area contributed by atoms with Crippen molar-refractivity contribution in [3.63, 3.8) is 0 Å². The third kappa shape index (κ3) is 3.03. The van der Waals surface area contributed by atoms with Gasteiger partial charge in [0, 0.05) is 19.3 Å². The molecular formula is C9H11BrClN3O. The van der Waals surface area contributed by atoms with E-state index in [4.69, 9.17) is 16.3 Å². The van der Waals surface area contributed by atoms with Crippen molar-refractivity contribution >= 4 is 33.3 Å². The molecule has 0 spiro atoms. The van der Waals surface area contributed by atoms with Crippen LogP contribution < -0.4 is 5.32 Å². The van der Waals surface area contributed by atoms with E-state index in [1.807, 2.05) is 0 Å². The highest BCUT2D eigenvalue weighted by Gasteiger charge is 2.15. The lowest BCUT2D eigenvalue weighted by molar-refractivity contribution is 0.120. The fraction of sp³-hybridized carbons (Fsp3) is 0.556. The van der Waals surface area contributed by atoms with E-state index < -0.39 is 0 Å². The summed E-state index contributed by atoms with van der Waals surface area (Å²) in [5, 5.41) is 3.43. The average Bonchev–Trinajstić information content (AvgIpc) is 2.72. The van der Waals surface area contributed by atoms with Gasteiger partial charge in [-0.25, -0.2) is 4.98 Å². The Balaban J connectivity index is 1.94. The third-order valence-electron chi connectivity index (χ3n) is 2.24. The van der Waals surface area contributed by atoms with Crippen molar-refractivity contribution in [3.05, 3.63) is 16.0 Å². The number of halogens is 2. The highest BCUT2D eigenvalue weighted by Crippen LogP contribution is 2.21. The molecule has 0 amide bonds. The molecule has 2 rings (SSSR count). The lowest BCUT2D eigenvalue weighted by Gasteiger charge is -2.11. The molecule has 1 N–H and O–H groups in total. The zero-order valence-electron chi connectivity index (χ0n) is 8.04. The summed E-state index contributed by atoms with van der Waals surface area (Å²) < 4.78 is 6.30. The lowest BCUT2D eigenvalue weighted by Crippen LogP contribution is -2.19. The Morgan fingerprint density at radius 1 is 1.67 bits per heavy atom. The highest BCUT2D eigenvalue weighted by atomic mass is 79.9. The van der Waals surface area contributed by atoms with Gasteiger partial charge in [0.2, 0.25) is 5.28 Å². The van der Waals surface area contributed by atoms with Gasteiger partial charge in [-0.15, -0.1) is 0 Å². The Hall–Kier alpha value is -0.390. The number of nitrogens with zero attached hydrogens (tertiary/aromatic N) is 2. The van der Waals surface area contributed by atoms with Crippen LogP contribution in [-0.4, -0.2) is 29.2 Å². The van der Waals surface area contributed by atoms with Crippen molar-refractivity contribution in [1.82, 2.24) is 9.97 Å². The second-order valence-corrected chi connectivity index (χ2v) is 4.54. The minimum atomic E-state index is 0.244. The SMILES string of the molecule is Clc1ncc(Br)c(NCC2CCCO2)n1. The van der Waals surface area contributed by atoms with Gasteiger partial charge in [0.1, 0.15) is 5.82 Å². The Morgan fingerprint density at radius 3 is 3.27 bits per heavy atom. The first-order valence-corrected chi connectivity index (χ1v) is 5.96. The maximum absolute atomic E-state index is 5.70. The van der Waals surface area contributed by atoms with E-state index in [0.717, 1.165) is 30.5 Å². The highest BCUT2D eigenvalue weighted by molar-refractivity contribution is 9.10. The summed E-state index contributed by atoms with van der Waals surface area (Å²) in [5.41, 5.74) is 0. The van der Waals surface area contributed by atoms with Crippen LogP contribution in [0.5, 0.6) is 0 Å². The molecule has 0 aromatic carbocycles. The monoisotopic (exact) mass is 291 g/mol. The third-order valence-corrected chi connectivity index (χ3v) is 3.00. The Morgan fingerprint density at radius 2 is 2.53 bits per heavy atom. The summed E-state index contributed by atoms with van der Waals surface area (Å²) >= 11 is 9.05. The molecular weight excluding hydrogens is 281 g/mol. The van der Waals surface area contributed by atoms with Gasteiger partial charge in [-0.05, 0) is 40.4 Å². The van der Waals surface area contributed by atoms with Crippen LogP contribution in [0.25, 0.3) is 0 Å². The van der Waals surface area contributed by atoms with Crippen LogP contribution in [0.15, 0.2) is 10.7 Å².